The van der Waals surface area contributed by atoms with E-state index in [9.17, 15) is 4.79 Å². The largest absolute Gasteiger partial charge is 0.514 e. The lowest BCUT2D eigenvalue weighted by Gasteiger charge is -2.10. The van der Waals surface area contributed by atoms with Gasteiger partial charge >= 0.3 is 6.16 Å². The van der Waals surface area contributed by atoms with Gasteiger partial charge in [0, 0.05) is 7.05 Å². The highest BCUT2D eigenvalue weighted by Gasteiger charge is 2.19. The molecule has 0 saturated carbocycles. The summed E-state index contributed by atoms with van der Waals surface area (Å²) in [5, 5.41) is 7.32. The van der Waals surface area contributed by atoms with Crippen molar-refractivity contribution in [3.05, 3.63) is 30.0 Å². The second-order valence-electron chi connectivity index (χ2n) is 4.16. The predicted molar refractivity (Wildman–Crippen MR) is 75.1 cm³/mol. The zero-order valence-electron chi connectivity index (χ0n) is 11.5. The number of ether oxygens (including phenoxy) is 2. The highest BCUT2D eigenvalue weighted by Crippen LogP contribution is 2.32. The molecule has 106 valence electrons. The molecule has 7 heteroatoms. The number of aromatic nitrogens is 2. The van der Waals surface area contributed by atoms with Gasteiger partial charge in [0.1, 0.15) is 5.69 Å². The Morgan fingerprint density at radius 1 is 1.40 bits per heavy atom. The van der Waals surface area contributed by atoms with Crippen molar-refractivity contribution in [2.24, 2.45) is 7.05 Å². The lowest BCUT2D eigenvalue weighted by molar-refractivity contribution is 0.118. The minimum absolute atomic E-state index is 0.262. The molecule has 0 aliphatic carbocycles. The van der Waals surface area contributed by atoms with Crippen LogP contribution >= 0.6 is 0 Å². The Bertz CT molecular complexity index is 637. The van der Waals surface area contributed by atoms with E-state index in [1.807, 2.05) is 18.2 Å². The molecule has 3 N–H and O–H groups in total. The minimum atomic E-state index is -0.808. The van der Waals surface area contributed by atoms with E-state index in [-0.39, 0.29) is 5.88 Å². The summed E-state index contributed by atoms with van der Waals surface area (Å²) in [6, 6.07) is 7.28. The van der Waals surface area contributed by atoms with E-state index < -0.39 is 6.16 Å². The Morgan fingerprint density at radius 2 is 2.10 bits per heavy atom. The Morgan fingerprint density at radius 3 is 2.75 bits per heavy atom. The van der Waals surface area contributed by atoms with Gasteiger partial charge in [-0.3, -0.25) is 0 Å². The normalized spacial score (nSPS) is 10.2. The highest BCUT2D eigenvalue weighted by atomic mass is 16.7. The van der Waals surface area contributed by atoms with Crippen LogP contribution in [0.4, 0.5) is 21.9 Å². The lowest BCUT2D eigenvalue weighted by Crippen LogP contribution is -2.11. The average Bonchev–Trinajstić information content (AvgIpc) is 2.68. The number of anilines is 3. The van der Waals surface area contributed by atoms with Crippen LogP contribution in [-0.2, 0) is 11.8 Å². The summed E-state index contributed by atoms with van der Waals surface area (Å²) in [6.45, 7) is 1.80. The number of methoxy groups -OCH3 is 1. The van der Waals surface area contributed by atoms with Crippen LogP contribution in [0.3, 0.4) is 0 Å². The number of rotatable bonds is 3. The molecule has 0 unspecified atom stereocenters. The zero-order chi connectivity index (χ0) is 14.7. The molecular weight excluding hydrogens is 260 g/mol. The highest BCUT2D eigenvalue weighted by molar-refractivity contribution is 5.77. The van der Waals surface area contributed by atoms with Gasteiger partial charge in [-0.25, -0.2) is 9.48 Å². The van der Waals surface area contributed by atoms with Crippen LogP contribution in [0.2, 0.25) is 0 Å². The molecule has 20 heavy (non-hydrogen) atoms. The van der Waals surface area contributed by atoms with Gasteiger partial charge < -0.3 is 20.5 Å². The van der Waals surface area contributed by atoms with Gasteiger partial charge in [-0.2, -0.15) is 5.10 Å². The van der Waals surface area contributed by atoms with Gasteiger partial charge in [0.05, 0.1) is 24.2 Å². The molecule has 2 aromatic rings. The van der Waals surface area contributed by atoms with Crippen molar-refractivity contribution in [2.75, 3.05) is 18.2 Å². The molecule has 2 rings (SSSR count). The summed E-state index contributed by atoms with van der Waals surface area (Å²) in [5.74, 6) is 0.262. The van der Waals surface area contributed by atoms with Gasteiger partial charge in [0.25, 0.3) is 0 Å². The third-order valence-electron chi connectivity index (χ3n) is 2.74. The SMILES string of the molecule is COC(=O)Oc1c(Nc2ccccc2N)c(C)nn1C. The quantitative estimate of drug-likeness (QED) is 0.659. The number of nitrogen functional groups attached to an aromatic ring is 1. The van der Waals surface area contributed by atoms with Crippen LogP contribution in [0.5, 0.6) is 5.88 Å². The summed E-state index contributed by atoms with van der Waals surface area (Å²) in [4.78, 5) is 11.3. The van der Waals surface area contributed by atoms with Gasteiger partial charge in [0.2, 0.25) is 5.88 Å². The Hall–Kier alpha value is -2.70. The average molecular weight is 276 g/mol. The molecule has 7 nitrogen and oxygen atoms in total. The number of nitrogens with two attached hydrogens (primary N) is 1. The van der Waals surface area contributed by atoms with Crippen molar-refractivity contribution in [2.45, 2.75) is 6.92 Å². The molecular formula is C13H16N4O3. The van der Waals surface area contributed by atoms with Gasteiger partial charge in [-0.15, -0.1) is 0 Å². The molecule has 0 atom stereocenters. The van der Waals surface area contributed by atoms with Crippen LogP contribution in [-0.4, -0.2) is 23.0 Å². The summed E-state index contributed by atoms with van der Waals surface area (Å²) in [7, 11) is 2.92. The molecule has 0 fully saturated rings. The van der Waals surface area contributed by atoms with Crippen LogP contribution in [0.15, 0.2) is 24.3 Å². The maximum Gasteiger partial charge on any atom is 0.514 e. The number of carbonyl (C=O) groups is 1. The summed E-state index contributed by atoms with van der Waals surface area (Å²) in [6.07, 6.45) is -0.808. The van der Waals surface area contributed by atoms with Crippen molar-refractivity contribution in [3.8, 4) is 5.88 Å². The van der Waals surface area contributed by atoms with Crippen LogP contribution in [0.1, 0.15) is 5.69 Å². The third kappa shape index (κ3) is 2.66. The number of para-hydroxylation sites is 2. The smallest absolute Gasteiger partial charge is 0.437 e. The fraction of sp³-hybridized carbons (Fsp3) is 0.231. The number of hydrogen-bond donors (Lipinski definition) is 2. The first kappa shape index (κ1) is 13.7. The summed E-state index contributed by atoms with van der Waals surface area (Å²) in [5.41, 5.74) is 8.41. The molecule has 0 aliphatic rings. The lowest BCUT2D eigenvalue weighted by atomic mass is 10.2. The Labute approximate surface area is 116 Å². The van der Waals surface area contributed by atoms with Crippen LogP contribution < -0.4 is 15.8 Å². The topological polar surface area (TPSA) is 91.4 Å². The van der Waals surface area contributed by atoms with E-state index in [0.717, 1.165) is 0 Å². The molecule has 0 amide bonds. The second kappa shape index (κ2) is 5.52. The van der Waals surface area contributed by atoms with E-state index in [2.05, 4.69) is 15.2 Å². The van der Waals surface area contributed by atoms with E-state index in [1.54, 1.807) is 20.0 Å². The molecule has 0 spiro atoms. The molecule has 0 radical (unpaired) electrons. The van der Waals surface area contributed by atoms with Crippen molar-refractivity contribution >= 4 is 23.2 Å². The van der Waals surface area contributed by atoms with Gasteiger partial charge in [-0.1, -0.05) is 12.1 Å². The molecule has 0 bridgehead atoms. The molecule has 1 aromatic heterocycles. The first-order chi connectivity index (χ1) is 9.52. The number of benzene rings is 1. The first-order valence-electron chi connectivity index (χ1n) is 5.94. The fourth-order valence-corrected chi connectivity index (χ4v) is 1.76. The Kier molecular flexibility index (Phi) is 3.79. The predicted octanol–water partition coefficient (Wildman–Crippen LogP) is 2.20. The number of carbonyl (C=O) groups excluding carboxylic acids is 1. The van der Waals surface area contributed by atoms with Crippen LogP contribution in [0, 0.1) is 6.92 Å². The maximum absolute atomic E-state index is 11.3. The van der Waals surface area contributed by atoms with Crippen molar-refractivity contribution in [1.29, 1.82) is 0 Å². The molecule has 1 heterocycles. The van der Waals surface area contributed by atoms with Gasteiger partial charge in [0.15, 0.2) is 0 Å². The van der Waals surface area contributed by atoms with E-state index in [1.165, 1.54) is 11.8 Å². The zero-order valence-corrected chi connectivity index (χ0v) is 11.5. The summed E-state index contributed by atoms with van der Waals surface area (Å²) < 4.78 is 11.0. The Balaban J connectivity index is 2.36. The molecule has 1 aromatic carbocycles. The summed E-state index contributed by atoms with van der Waals surface area (Å²) >= 11 is 0. The van der Waals surface area contributed by atoms with Crippen molar-refractivity contribution < 1.29 is 14.3 Å². The number of nitrogens with one attached hydrogen (secondary N) is 1. The number of aryl methyl sites for hydroxylation is 2. The number of hydrogen-bond acceptors (Lipinski definition) is 6. The van der Waals surface area contributed by atoms with Crippen molar-refractivity contribution in [3.63, 3.8) is 0 Å². The van der Waals surface area contributed by atoms with Crippen molar-refractivity contribution in [1.82, 2.24) is 9.78 Å². The molecule has 0 aliphatic heterocycles. The third-order valence-corrected chi connectivity index (χ3v) is 2.74. The van der Waals surface area contributed by atoms with Gasteiger partial charge in [-0.05, 0) is 19.1 Å². The van der Waals surface area contributed by atoms with Crippen LogP contribution in [0.25, 0.3) is 0 Å². The second-order valence-corrected chi connectivity index (χ2v) is 4.16. The van der Waals surface area contributed by atoms with E-state index >= 15 is 0 Å². The standard InChI is InChI=1S/C13H16N4O3/c1-8-11(15-10-7-5-4-6-9(10)14)12(17(2)16-8)20-13(18)19-3/h4-7,15H,14H2,1-3H3. The monoisotopic (exact) mass is 276 g/mol. The van der Waals surface area contributed by atoms with E-state index in [0.29, 0.717) is 22.8 Å². The fourth-order valence-electron chi connectivity index (χ4n) is 1.76. The van der Waals surface area contributed by atoms with E-state index in [4.69, 9.17) is 10.5 Å². The minimum Gasteiger partial charge on any atom is -0.437 e. The molecule has 0 saturated heterocycles. The number of nitrogens with zero attached hydrogens (tertiary/aromatic N) is 2. The first-order valence-corrected chi connectivity index (χ1v) is 5.94. The maximum atomic E-state index is 11.3.